The second-order valence-electron chi connectivity index (χ2n) is 7.07. The molecule has 0 radical (unpaired) electrons. The molecule has 2 unspecified atom stereocenters. The molecule has 7 nitrogen and oxygen atoms in total. The van der Waals surface area contributed by atoms with Crippen LogP contribution < -0.4 is 20.7 Å². The zero-order valence-electron chi connectivity index (χ0n) is 16.9. The van der Waals surface area contributed by atoms with Gasteiger partial charge in [-0.05, 0) is 36.8 Å². The minimum atomic E-state index is -0.281. The Morgan fingerprint density at radius 1 is 1.20 bits per heavy atom. The zero-order valence-corrected chi connectivity index (χ0v) is 17.8. The van der Waals surface area contributed by atoms with Crippen molar-refractivity contribution < 1.29 is 19.1 Å². The predicted octanol–water partition coefficient (Wildman–Crippen LogP) is 2.92. The average molecular weight is 428 g/mol. The van der Waals surface area contributed by atoms with Crippen molar-refractivity contribution in [3.8, 4) is 5.75 Å². The Morgan fingerprint density at radius 2 is 2.00 bits per heavy atom. The van der Waals surface area contributed by atoms with Crippen LogP contribution in [0.5, 0.6) is 5.75 Å². The third-order valence-electron chi connectivity index (χ3n) is 4.65. The maximum absolute atomic E-state index is 12.4. The average Bonchev–Trinajstić information content (AvgIpc) is 2.72. The molecular weight excluding hydrogens is 402 g/mol. The molecule has 2 atom stereocenters. The smallest absolute Gasteiger partial charge is 0.225 e. The van der Waals surface area contributed by atoms with E-state index in [0.29, 0.717) is 17.0 Å². The van der Waals surface area contributed by atoms with E-state index in [-0.39, 0.29) is 42.0 Å². The summed E-state index contributed by atoms with van der Waals surface area (Å²) in [6.45, 7) is 1.48. The summed E-state index contributed by atoms with van der Waals surface area (Å²) in [5.41, 5.74) is 1.91. The summed E-state index contributed by atoms with van der Waals surface area (Å²) in [5.74, 6) is 1.11. The van der Waals surface area contributed by atoms with Crippen LogP contribution in [0.1, 0.15) is 35.7 Å². The summed E-state index contributed by atoms with van der Waals surface area (Å²) >= 11 is 1.55. The monoisotopic (exact) mass is 427 g/mol. The van der Waals surface area contributed by atoms with Gasteiger partial charge in [0.25, 0.3) is 0 Å². The first-order valence-corrected chi connectivity index (χ1v) is 10.7. The highest BCUT2D eigenvalue weighted by Gasteiger charge is 2.27. The van der Waals surface area contributed by atoms with Gasteiger partial charge in [0.15, 0.2) is 5.78 Å². The number of ketones is 1. The van der Waals surface area contributed by atoms with Gasteiger partial charge in [-0.25, -0.2) is 0 Å². The van der Waals surface area contributed by atoms with Crippen molar-refractivity contribution in [3.63, 3.8) is 0 Å². The number of ether oxygens (including phenoxy) is 1. The van der Waals surface area contributed by atoms with Crippen LogP contribution in [0, 0.1) is 0 Å². The number of carbonyl (C=O) groups is 3. The summed E-state index contributed by atoms with van der Waals surface area (Å²) in [6, 6.07) is 14.3. The van der Waals surface area contributed by atoms with Crippen LogP contribution in [0.15, 0.2) is 48.5 Å². The zero-order chi connectivity index (χ0) is 21.5. The fourth-order valence-corrected chi connectivity index (χ4v) is 4.20. The van der Waals surface area contributed by atoms with Crippen molar-refractivity contribution in [3.05, 3.63) is 59.7 Å². The Kier molecular flexibility index (Phi) is 7.48. The van der Waals surface area contributed by atoms with Crippen LogP contribution in [0.2, 0.25) is 0 Å². The number of Topliss-reactive ketones (excluding diaryl/α,β-unsaturated/α-hetero) is 1. The molecule has 3 rings (SSSR count). The molecule has 2 aromatic rings. The van der Waals surface area contributed by atoms with Crippen molar-refractivity contribution in [1.82, 2.24) is 10.6 Å². The quantitative estimate of drug-likeness (QED) is 0.561. The molecule has 0 saturated carbocycles. The Labute approximate surface area is 180 Å². The Morgan fingerprint density at radius 3 is 2.77 bits per heavy atom. The van der Waals surface area contributed by atoms with Crippen LogP contribution in [-0.4, -0.2) is 36.2 Å². The minimum Gasteiger partial charge on any atom is -0.497 e. The lowest BCUT2D eigenvalue weighted by Gasteiger charge is -2.31. The first-order valence-electron chi connectivity index (χ1n) is 9.64. The molecular formula is C22H25N3O4S. The van der Waals surface area contributed by atoms with E-state index < -0.39 is 0 Å². The van der Waals surface area contributed by atoms with Gasteiger partial charge in [0.05, 0.1) is 7.11 Å². The van der Waals surface area contributed by atoms with Gasteiger partial charge in [-0.15, -0.1) is 11.8 Å². The van der Waals surface area contributed by atoms with E-state index in [0.717, 1.165) is 11.3 Å². The van der Waals surface area contributed by atoms with E-state index in [4.69, 9.17) is 4.74 Å². The van der Waals surface area contributed by atoms with Crippen molar-refractivity contribution in [2.24, 2.45) is 0 Å². The first-order chi connectivity index (χ1) is 14.4. The highest BCUT2D eigenvalue weighted by molar-refractivity contribution is 7.99. The molecule has 0 aromatic heterocycles. The third-order valence-corrected chi connectivity index (χ3v) is 5.73. The van der Waals surface area contributed by atoms with Gasteiger partial charge in [0.2, 0.25) is 11.8 Å². The molecule has 2 amide bonds. The van der Waals surface area contributed by atoms with Crippen molar-refractivity contribution >= 4 is 35.0 Å². The topological polar surface area (TPSA) is 96.5 Å². The number of carbonyl (C=O) groups excluding carboxylic acids is 3. The minimum absolute atomic E-state index is 0.0624. The van der Waals surface area contributed by atoms with E-state index in [1.165, 1.54) is 6.92 Å². The number of nitrogens with one attached hydrogen (secondary N) is 3. The molecule has 1 heterocycles. The summed E-state index contributed by atoms with van der Waals surface area (Å²) in [7, 11) is 1.63. The fraction of sp³-hybridized carbons (Fsp3) is 0.318. The van der Waals surface area contributed by atoms with Crippen molar-refractivity contribution in [2.75, 3.05) is 12.4 Å². The second kappa shape index (κ2) is 10.3. The predicted molar refractivity (Wildman–Crippen MR) is 117 cm³/mol. The molecule has 1 saturated heterocycles. The Hall–Kier alpha value is -2.84. The lowest BCUT2D eigenvalue weighted by Crippen LogP contribution is -2.55. The normalized spacial score (nSPS) is 18.4. The van der Waals surface area contributed by atoms with Crippen LogP contribution in [0.4, 0.5) is 5.69 Å². The number of thioether (sulfide) groups is 1. The molecule has 1 fully saturated rings. The highest BCUT2D eigenvalue weighted by atomic mass is 32.2. The van der Waals surface area contributed by atoms with E-state index in [2.05, 4.69) is 16.0 Å². The molecule has 1 aliphatic heterocycles. The lowest BCUT2D eigenvalue weighted by atomic mass is 10.1. The first kappa shape index (κ1) is 21.9. The van der Waals surface area contributed by atoms with E-state index in [1.807, 2.05) is 24.3 Å². The van der Waals surface area contributed by atoms with Crippen LogP contribution in [-0.2, 0) is 15.3 Å². The third kappa shape index (κ3) is 6.33. The van der Waals surface area contributed by atoms with Crippen LogP contribution in [0.3, 0.4) is 0 Å². The van der Waals surface area contributed by atoms with E-state index in [1.54, 1.807) is 43.1 Å². The number of hydrogen-bond donors (Lipinski definition) is 3. The van der Waals surface area contributed by atoms with Crippen molar-refractivity contribution in [1.29, 1.82) is 0 Å². The van der Waals surface area contributed by atoms with Gasteiger partial charge in [-0.1, -0.05) is 24.3 Å². The lowest BCUT2D eigenvalue weighted by molar-refractivity contribution is -0.124. The Bertz CT molecular complexity index is 934. The maximum Gasteiger partial charge on any atom is 0.225 e. The summed E-state index contributed by atoms with van der Waals surface area (Å²) in [4.78, 5) is 36.0. The molecule has 1 aliphatic rings. The summed E-state index contributed by atoms with van der Waals surface area (Å²) < 4.78 is 5.24. The van der Waals surface area contributed by atoms with Gasteiger partial charge in [0.1, 0.15) is 11.2 Å². The maximum atomic E-state index is 12.4. The Balaban J connectivity index is 1.53. The summed E-state index contributed by atoms with van der Waals surface area (Å²) in [5, 5.41) is 9.02. The molecule has 0 aliphatic carbocycles. The van der Waals surface area contributed by atoms with Crippen LogP contribution in [0.25, 0.3) is 0 Å². The van der Waals surface area contributed by atoms with E-state index >= 15 is 0 Å². The number of methoxy groups -OCH3 is 1. The van der Waals surface area contributed by atoms with Gasteiger partial charge in [0, 0.05) is 35.9 Å². The standard InChI is InChI=1S/C22H25N3O4S/c1-14(26)16-6-4-7-17(10-16)23-20(27)11-18-12-21(28)25-22(24-18)30-13-15-5-3-8-19(9-15)29-2/h3-10,18,22,24H,11-13H2,1-2H3,(H,23,27)(H,25,28). The second-order valence-corrected chi connectivity index (χ2v) is 8.16. The number of anilines is 1. The van der Waals surface area contributed by atoms with E-state index in [9.17, 15) is 14.4 Å². The largest absolute Gasteiger partial charge is 0.497 e. The number of rotatable bonds is 8. The molecule has 30 heavy (non-hydrogen) atoms. The van der Waals surface area contributed by atoms with Gasteiger partial charge in [-0.3, -0.25) is 19.7 Å². The molecule has 2 aromatic carbocycles. The molecule has 3 N–H and O–H groups in total. The van der Waals surface area contributed by atoms with Gasteiger partial charge >= 0.3 is 0 Å². The molecule has 8 heteroatoms. The molecule has 0 spiro atoms. The van der Waals surface area contributed by atoms with Crippen molar-refractivity contribution in [2.45, 2.75) is 37.1 Å². The number of benzene rings is 2. The van der Waals surface area contributed by atoms with Gasteiger partial charge < -0.3 is 15.4 Å². The number of hydrogen-bond acceptors (Lipinski definition) is 6. The van der Waals surface area contributed by atoms with Gasteiger partial charge in [-0.2, -0.15) is 0 Å². The SMILES string of the molecule is COc1cccc(CSC2NC(=O)CC(CC(=O)Nc3cccc(C(C)=O)c3)N2)c1. The highest BCUT2D eigenvalue weighted by Crippen LogP contribution is 2.22. The number of amides is 2. The summed E-state index contributed by atoms with van der Waals surface area (Å²) in [6.07, 6.45) is 0.394. The fourth-order valence-electron chi connectivity index (χ4n) is 3.16. The van der Waals surface area contributed by atoms with Crippen LogP contribution >= 0.6 is 11.8 Å². The molecule has 158 valence electrons. The molecule has 0 bridgehead atoms.